The molecule has 1 aromatic heterocycles. The number of carbonyl (C=O) groups excluding carboxylic acids is 1. The van der Waals surface area contributed by atoms with Gasteiger partial charge < -0.3 is 10.2 Å². The molecule has 0 bridgehead atoms. The molecule has 0 saturated carbocycles. The Kier molecular flexibility index (Phi) is 5.74. The number of para-hydroxylation sites is 1. The van der Waals surface area contributed by atoms with Gasteiger partial charge in [0.25, 0.3) is 5.91 Å². The van der Waals surface area contributed by atoms with Gasteiger partial charge in [-0.2, -0.15) is 0 Å². The Morgan fingerprint density at radius 3 is 2.52 bits per heavy atom. The van der Waals surface area contributed by atoms with Crippen LogP contribution in [0.25, 0.3) is 0 Å². The number of benzene rings is 1. The first-order chi connectivity index (χ1) is 11.1. The maximum atomic E-state index is 12.6. The van der Waals surface area contributed by atoms with E-state index in [-0.39, 0.29) is 5.91 Å². The van der Waals surface area contributed by atoms with E-state index < -0.39 is 0 Å². The standard InChI is InChI=1S/C19H25N3O/c1-5-22(6-2)16-11-15(12-20-13-16)19(23)21-18-10-8-7-9-17(18)14(3)4/h7-14H,5-6H2,1-4H3,(H,21,23). The molecular formula is C19H25N3O. The van der Waals surface area contributed by atoms with Crippen molar-refractivity contribution in [1.82, 2.24) is 4.98 Å². The quantitative estimate of drug-likeness (QED) is 0.865. The molecule has 122 valence electrons. The highest BCUT2D eigenvalue weighted by Crippen LogP contribution is 2.24. The summed E-state index contributed by atoms with van der Waals surface area (Å²) in [7, 11) is 0. The van der Waals surface area contributed by atoms with Crippen LogP contribution in [0.5, 0.6) is 0 Å². The molecule has 4 heteroatoms. The van der Waals surface area contributed by atoms with Crippen LogP contribution in [0.15, 0.2) is 42.7 Å². The first-order valence-corrected chi connectivity index (χ1v) is 8.17. The number of aromatic nitrogens is 1. The fourth-order valence-corrected chi connectivity index (χ4v) is 2.62. The SMILES string of the molecule is CCN(CC)c1cncc(C(=O)Nc2ccccc2C(C)C)c1. The first-order valence-electron chi connectivity index (χ1n) is 8.17. The third-order valence-electron chi connectivity index (χ3n) is 3.95. The maximum absolute atomic E-state index is 12.6. The Morgan fingerprint density at radius 2 is 1.87 bits per heavy atom. The number of hydrogen-bond donors (Lipinski definition) is 1. The number of anilines is 2. The van der Waals surface area contributed by atoms with Gasteiger partial charge in [0.2, 0.25) is 0 Å². The molecule has 23 heavy (non-hydrogen) atoms. The second-order valence-electron chi connectivity index (χ2n) is 5.80. The molecule has 0 radical (unpaired) electrons. The maximum Gasteiger partial charge on any atom is 0.257 e. The van der Waals surface area contributed by atoms with E-state index in [0.717, 1.165) is 30.0 Å². The fraction of sp³-hybridized carbons (Fsp3) is 0.368. The highest BCUT2D eigenvalue weighted by Gasteiger charge is 2.12. The predicted octanol–water partition coefficient (Wildman–Crippen LogP) is 4.30. The predicted molar refractivity (Wildman–Crippen MR) is 96.3 cm³/mol. The molecule has 0 unspecified atom stereocenters. The minimum atomic E-state index is -0.125. The summed E-state index contributed by atoms with van der Waals surface area (Å²) in [6.45, 7) is 10.2. The summed E-state index contributed by atoms with van der Waals surface area (Å²) in [6.07, 6.45) is 3.41. The van der Waals surface area contributed by atoms with Crippen molar-refractivity contribution >= 4 is 17.3 Å². The lowest BCUT2D eigenvalue weighted by atomic mass is 10.0. The Labute approximate surface area is 138 Å². The van der Waals surface area contributed by atoms with Gasteiger partial charge in [0, 0.05) is 25.0 Å². The molecule has 0 aliphatic heterocycles. The van der Waals surface area contributed by atoms with Crippen LogP contribution in [0.1, 0.15) is 49.5 Å². The molecule has 1 heterocycles. The summed E-state index contributed by atoms with van der Waals surface area (Å²) in [5.41, 5.74) is 3.54. The summed E-state index contributed by atoms with van der Waals surface area (Å²) in [5, 5.41) is 3.01. The van der Waals surface area contributed by atoms with E-state index in [0.29, 0.717) is 11.5 Å². The van der Waals surface area contributed by atoms with Gasteiger partial charge in [-0.25, -0.2) is 0 Å². The van der Waals surface area contributed by atoms with E-state index in [1.165, 1.54) is 0 Å². The summed E-state index contributed by atoms with van der Waals surface area (Å²) in [4.78, 5) is 19.0. The first kappa shape index (κ1) is 17.0. The van der Waals surface area contributed by atoms with Crippen molar-refractivity contribution in [1.29, 1.82) is 0 Å². The van der Waals surface area contributed by atoms with Gasteiger partial charge in [-0.1, -0.05) is 32.0 Å². The summed E-state index contributed by atoms with van der Waals surface area (Å²) in [6, 6.07) is 9.81. The van der Waals surface area contributed by atoms with Crippen molar-refractivity contribution in [2.75, 3.05) is 23.3 Å². The Balaban J connectivity index is 2.23. The van der Waals surface area contributed by atoms with Gasteiger partial charge in [0.05, 0.1) is 17.4 Å². The number of nitrogens with zero attached hydrogens (tertiary/aromatic N) is 2. The van der Waals surface area contributed by atoms with E-state index >= 15 is 0 Å². The molecular weight excluding hydrogens is 286 g/mol. The number of pyridine rings is 1. The summed E-state index contributed by atoms with van der Waals surface area (Å²) < 4.78 is 0. The van der Waals surface area contributed by atoms with Crippen LogP contribution in [-0.4, -0.2) is 24.0 Å². The van der Waals surface area contributed by atoms with Crippen LogP contribution < -0.4 is 10.2 Å². The van der Waals surface area contributed by atoms with Gasteiger partial charge in [-0.3, -0.25) is 9.78 Å². The normalized spacial score (nSPS) is 10.7. The van der Waals surface area contributed by atoms with Gasteiger partial charge in [0.15, 0.2) is 0 Å². The van der Waals surface area contributed by atoms with E-state index in [1.54, 1.807) is 12.4 Å². The zero-order valence-electron chi connectivity index (χ0n) is 14.3. The van der Waals surface area contributed by atoms with Gasteiger partial charge in [-0.15, -0.1) is 0 Å². The number of nitrogens with one attached hydrogen (secondary N) is 1. The van der Waals surface area contributed by atoms with Crippen molar-refractivity contribution < 1.29 is 4.79 Å². The average molecular weight is 311 g/mol. The smallest absolute Gasteiger partial charge is 0.257 e. The molecule has 1 N–H and O–H groups in total. The summed E-state index contributed by atoms with van der Waals surface area (Å²) >= 11 is 0. The Bertz CT molecular complexity index is 663. The minimum Gasteiger partial charge on any atom is -0.371 e. The van der Waals surface area contributed by atoms with Crippen LogP contribution in [0.3, 0.4) is 0 Å². The van der Waals surface area contributed by atoms with Crippen LogP contribution in [-0.2, 0) is 0 Å². The number of hydrogen-bond acceptors (Lipinski definition) is 3. The fourth-order valence-electron chi connectivity index (χ4n) is 2.62. The van der Waals surface area contributed by atoms with Gasteiger partial charge >= 0.3 is 0 Å². The topological polar surface area (TPSA) is 45.2 Å². The monoisotopic (exact) mass is 311 g/mol. The van der Waals surface area contributed by atoms with Gasteiger partial charge in [0.1, 0.15) is 0 Å². The highest BCUT2D eigenvalue weighted by atomic mass is 16.1. The molecule has 0 aliphatic carbocycles. The van der Waals surface area contributed by atoms with E-state index in [1.807, 2.05) is 30.3 Å². The molecule has 1 amide bonds. The molecule has 0 spiro atoms. The lowest BCUT2D eigenvalue weighted by Gasteiger charge is -2.21. The van der Waals surface area contributed by atoms with Crippen molar-refractivity contribution in [2.24, 2.45) is 0 Å². The van der Waals surface area contributed by atoms with E-state index in [2.05, 4.69) is 42.9 Å². The number of amides is 1. The molecule has 2 rings (SSSR count). The lowest BCUT2D eigenvalue weighted by Crippen LogP contribution is -2.23. The summed E-state index contributed by atoms with van der Waals surface area (Å²) in [5.74, 6) is 0.228. The van der Waals surface area contributed by atoms with Gasteiger partial charge in [-0.05, 0) is 37.5 Å². The largest absolute Gasteiger partial charge is 0.371 e. The lowest BCUT2D eigenvalue weighted by molar-refractivity contribution is 0.102. The van der Waals surface area contributed by atoms with Crippen LogP contribution >= 0.6 is 0 Å². The Hall–Kier alpha value is -2.36. The highest BCUT2D eigenvalue weighted by molar-refractivity contribution is 6.05. The van der Waals surface area contributed by atoms with E-state index in [9.17, 15) is 4.79 Å². The second-order valence-corrected chi connectivity index (χ2v) is 5.80. The molecule has 1 aromatic carbocycles. The molecule has 0 aliphatic rings. The minimum absolute atomic E-state index is 0.125. The molecule has 2 aromatic rings. The van der Waals surface area contributed by atoms with Crippen molar-refractivity contribution in [2.45, 2.75) is 33.6 Å². The number of rotatable bonds is 6. The molecule has 0 fully saturated rings. The van der Waals surface area contributed by atoms with Crippen molar-refractivity contribution in [3.05, 3.63) is 53.9 Å². The second kappa shape index (κ2) is 7.77. The number of carbonyl (C=O) groups is 1. The van der Waals surface area contributed by atoms with Crippen LogP contribution in [0.2, 0.25) is 0 Å². The Morgan fingerprint density at radius 1 is 1.17 bits per heavy atom. The van der Waals surface area contributed by atoms with Crippen molar-refractivity contribution in [3.8, 4) is 0 Å². The molecule has 0 atom stereocenters. The molecule has 4 nitrogen and oxygen atoms in total. The molecule has 0 saturated heterocycles. The van der Waals surface area contributed by atoms with Crippen LogP contribution in [0, 0.1) is 0 Å². The average Bonchev–Trinajstić information content (AvgIpc) is 2.56. The third kappa shape index (κ3) is 4.09. The van der Waals surface area contributed by atoms with Crippen molar-refractivity contribution in [3.63, 3.8) is 0 Å². The zero-order chi connectivity index (χ0) is 16.8. The van der Waals surface area contributed by atoms with E-state index in [4.69, 9.17) is 0 Å². The zero-order valence-corrected chi connectivity index (χ0v) is 14.3. The van der Waals surface area contributed by atoms with Crippen LogP contribution in [0.4, 0.5) is 11.4 Å². The third-order valence-corrected chi connectivity index (χ3v) is 3.95.